The Bertz CT molecular complexity index is 952. The minimum atomic E-state index is -0.0988. The van der Waals surface area contributed by atoms with Crippen LogP contribution in [0.1, 0.15) is 38.1 Å². The normalized spacial score (nSPS) is 15.6. The van der Waals surface area contributed by atoms with E-state index in [4.69, 9.17) is 5.10 Å². The van der Waals surface area contributed by atoms with Crippen LogP contribution in [0, 0.1) is 6.92 Å². The van der Waals surface area contributed by atoms with Gasteiger partial charge in [-0.2, -0.15) is 4.52 Å². The maximum absolute atomic E-state index is 4.79. The number of rotatable bonds is 4. The summed E-state index contributed by atoms with van der Waals surface area (Å²) < 4.78 is 1.87. The number of anilines is 1. The zero-order valence-electron chi connectivity index (χ0n) is 16.6. The molecule has 1 saturated heterocycles. The number of hydrogen-bond acceptors (Lipinski definition) is 7. The number of hydrogen-bond donors (Lipinski definition) is 0. The van der Waals surface area contributed by atoms with Crippen molar-refractivity contribution in [3.05, 3.63) is 41.7 Å². The predicted molar refractivity (Wildman–Crippen MR) is 104 cm³/mol. The van der Waals surface area contributed by atoms with E-state index >= 15 is 0 Å². The SMILES string of the molecule is Cc1nccc(CN(C)C2CN(c3ccc4nnc(C(C)(C)C)n4n3)C2)n1. The highest BCUT2D eigenvalue weighted by Gasteiger charge is 2.32. The molecular weight excluding hydrogens is 340 g/mol. The Morgan fingerprint density at radius 2 is 1.93 bits per heavy atom. The lowest BCUT2D eigenvalue weighted by atomic mass is 9.96. The van der Waals surface area contributed by atoms with Crippen LogP contribution < -0.4 is 4.90 Å². The topological polar surface area (TPSA) is 75.3 Å². The first-order valence-corrected chi connectivity index (χ1v) is 9.28. The summed E-state index contributed by atoms with van der Waals surface area (Å²) in [6, 6.07) is 6.49. The highest BCUT2D eigenvalue weighted by Crippen LogP contribution is 2.25. The lowest BCUT2D eigenvalue weighted by molar-refractivity contribution is 0.194. The molecule has 8 heteroatoms. The summed E-state index contributed by atoms with van der Waals surface area (Å²) in [4.78, 5) is 13.3. The monoisotopic (exact) mass is 366 g/mol. The van der Waals surface area contributed by atoms with Gasteiger partial charge in [0.15, 0.2) is 11.5 Å². The van der Waals surface area contributed by atoms with Crippen LogP contribution in [0.4, 0.5) is 5.82 Å². The van der Waals surface area contributed by atoms with E-state index in [1.807, 2.05) is 35.8 Å². The number of likely N-dealkylation sites (N-methyl/N-ethyl adjacent to an activating group) is 1. The molecule has 0 saturated carbocycles. The van der Waals surface area contributed by atoms with Crippen LogP contribution in [0.15, 0.2) is 24.4 Å². The van der Waals surface area contributed by atoms with E-state index in [0.717, 1.165) is 48.4 Å². The van der Waals surface area contributed by atoms with Crippen molar-refractivity contribution in [2.45, 2.75) is 45.7 Å². The highest BCUT2D eigenvalue weighted by molar-refractivity contribution is 5.48. The molecule has 0 atom stereocenters. The number of aromatic nitrogens is 6. The van der Waals surface area contributed by atoms with Crippen molar-refractivity contribution in [3.8, 4) is 0 Å². The molecule has 142 valence electrons. The molecular formula is C19H26N8. The third kappa shape index (κ3) is 3.49. The fraction of sp³-hybridized carbons (Fsp3) is 0.526. The van der Waals surface area contributed by atoms with Crippen molar-refractivity contribution in [3.63, 3.8) is 0 Å². The summed E-state index contributed by atoms with van der Waals surface area (Å²) in [5, 5.41) is 13.3. The van der Waals surface area contributed by atoms with E-state index in [9.17, 15) is 0 Å². The summed E-state index contributed by atoms with van der Waals surface area (Å²) in [5.41, 5.74) is 1.75. The molecule has 0 amide bonds. The Hall–Kier alpha value is -2.61. The van der Waals surface area contributed by atoms with Gasteiger partial charge in [-0.15, -0.1) is 15.3 Å². The summed E-state index contributed by atoms with van der Waals surface area (Å²) in [6.07, 6.45) is 1.82. The Labute approximate surface area is 159 Å². The van der Waals surface area contributed by atoms with Crippen LogP contribution in [0.5, 0.6) is 0 Å². The van der Waals surface area contributed by atoms with E-state index in [1.54, 1.807) is 0 Å². The average molecular weight is 366 g/mol. The van der Waals surface area contributed by atoms with Gasteiger partial charge in [-0.1, -0.05) is 20.8 Å². The van der Waals surface area contributed by atoms with Crippen LogP contribution in [-0.4, -0.2) is 60.9 Å². The van der Waals surface area contributed by atoms with Crippen LogP contribution >= 0.6 is 0 Å². The Morgan fingerprint density at radius 3 is 2.63 bits per heavy atom. The van der Waals surface area contributed by atoms with E-state index in [1.165, 1.54) is 0 Å². The Kier molecular flexibility index (Phi) is 4.30. The highest BCUT2D eigenvalue weighted by atomic mass is 15.4. The molecule has 0 bridgehead atoms. The van der Waals surface area contributed by atoms with Gasteiger partial charge in [0.25, 0.3) is 0 Å². The number of nitrogens with zero attached hydrogens (tertiary/aromatic N) is 8. The first-order valence-electron chi connectivity index (χ1n) is 9.28. The second kappa shape index (κ2) is 6.53. The smallest absolute Gasteiger partial charge is 0.178 e. The molecule has 0 aromatic carbocycles. The van der Waals surface area contributed by atoms with Crippen molar-refractivity contribution in [2.75, 3.05) is 25.0 Å². The molecule has 3 aromatic rings. The lowest BCUT2D eigenvalue weighted by Crippen LogP contribution is -2.58. The second-order valence-corrected chi connectivity index (χ2v) is 8.30. The zero-order chi connectivity index (χ0) is 19.2. The molecule has 0 unspecified atom stereocenters. The van der Waals surface area contributed by atoms with Gasteiger partial charge in [-0.05, 0) is 32.2 Å². The molecule has 3 aromatic heterocycles. The van der Waals surface area contributed by atoms with Crippen molar-refractivity contribution in [2.24, 2.45) is 0 Å². The zero-order valence-corrected chi connectivity index (χ0v) is 16.6. The van der Waals surface area contributed by atoms with Gasteiger partial charge >= 0.3 is 0 Å². The maximum atomic E-state index is 4.79. The third-order valence-corrected chi connectivity index (χ3v) is 4.97. The van der Waals surface area contributed by atoms with Crippen molar-refractivity contribution in [1.82, 2.24) is 34.7 Å². The molecule has 0 radical (unpaired) electrons. The molecule has 0 N–H and O–H groups in total. The minimum absolute atomic E-state index is 0.0988. The second-order valence-electron chi connectivity index (χ2n) is 8.30. The standard InChI is InChI=1S/C19H26N8/c1-13-20-9-8-14(21-13)10-25(5)15-11-26(12-15)17-7-6-16-22-23-18(19(2,3)4)27(16)24-17/h6-9,15H,10-12H2,1-5H3. The molecule has 1 fully saturated rings. The van der Waals surface area contributed by atoms with Crippen molar-refractivity contribution in [1.29, 1.82) is 0 Å². The fourth-order valence-corrected chi connectivity index (χ4v) is 3.31. The van der Waals surface area contributed by atoms with E-state index < -0.39 is 0 Å². The van der Waals surface area contributed by atoms with Gasteiger partial charge in [-0.3, -0.25) is 4.90 Å². The van der Waals surface area contributed by atoms with Crippen molar-refractivity contribution >= 4 is 11.5 Å². The molecule has 27 heavy (non-hydrogen) atoms. The van der Waals surface area contributed by atoms with Gasteiger partial charge in [0, 0.05) is 37.3 Å². The largest absolute Gasteiger partial charge is 0.352 e. The Morgan fingerprint density at radius 1 is 1.15 bits per heavy atom. The van der Waals surface area contributed by atoms with E-state index in [0.29, 0.717) is 6.04 Å². The van der Waals surface area contributed by atoms with Crippen LogP contribution in [0.2, 0.25) is 0 Å². The number of aryl methyl sites for hydroxylation is 1. The summed E-state index contributed by atoms with van der Waals surface area (Å²) in [5.74, 6) is 2.67. The minimum Gasteiger partial charge on any atom is -0.352 e. The third-order valence-electron chi connectivity index (χ3n) is 4.97. The van der Waals surface area contributed by atoms with Gasteiger partial charge < -0.3 is 4.90 Å². The molecule has 0 spiro atoms. The summed E-state index contributed by atoms with van der Waals surface area (Å²) >= 11 is 0. The maximum Gasteiger partial charge on any atom is 0.178 e. The first kappa shape index (κ1) is 17.8. The first-order chi connectivity index (χ1) is 12.8. The van der Waals surface area contributed by atoms with Crippen LogP contribution in [0.25, 0.3) is 5.65 Å². The van der Waals surface area contributed by atoms with Gasteiger partial charge in [0.05, 0.1) is 5.69 Å². The molecule has 8 nitrogen and oxygen atoms in total. The number of fused-ring (bicyclic) bond motifs is 1. The quantitative estimate of drug-likeness (QED) is 0.697. The Balaban J connectivity index is 1.44. The summed E-state index contributed by atoms with van der Waals surface area (Å²) in [7, 11) is 2.15. The van der Waals surface area contributed by atoms with Gasteiger partial charge in [-0.25, -0.2) is 9.97 Å². The van der Waals surface area contributed by atoms with Crippen LogP contribution in [0.3, 0.4) is 0 Å². The van der Waals surface area contributed by atoms with Crippen molar-refractivity contribution < 1.29 is 0 Å². The molecule has 1 aliphatic heterocycles. The molecule has 0 aliphatic carbocycles. The molecule has 4 rings (SSSR count). The van der Waals surface area contributed by atoms with Gasteiger partial charge in [0.1, 0.15) is 11.6 Å². The fourth-order valence-electron chi connectivity index (χ4n) is 3.31. The lowest BCUT2D eigenvalue weighted by Gasteiger charge is -2.44. The van der Waals surface area contributed by atoms with Crippen LogP contribution in [-0.2, 0) is 12.0 Å². The molecule has 4 heterocycles. The summed E-state index contributed by atoms with van der Waals surface area (Å²) in [6.45, 7) is 11.0. The average Bonchev–Trinajstić information content (AvgIpc) is 2.97. The predicted octanol–water partition coefficient (Wildman–Crippen LogP) is 1.84. The van der Waals surface area contributed by atoms with E-state index in [-0.39, 0.29) is 5.41 Å². The van der Waals surface area contributed by atoms with Gasteiger partial charge in [0.2, 0.25) is 0 Å². The van der Waals surface area contributed by atoms with E-state index in [2.05, 4.69) is 57.8 Å². The molecule has 1 aliphatic rings.